The molecule has 1 atom stereocenters. The number of likely N-dealkylation sites (tertiary alicyclic amines) is 1. The van der Waals surface area contributed by atoms with E-state index in [1.807, 2.05) is 36.4 Å². The molecule has 0 spiro atoms. The maximum absolute atomic E-state index is 13.3. The zero-order valence-electron chi connectivity index (χ0n) is 19.0. The molecule has 1 heterocycles. The second kappa shape index (κ2) is 9.20. The molecule has 2 aromatic rings. The maximum Gasteiger partial charge on any atom is 0.521 e. The Hall–Kier alpha value is -2.70. The van der Waals surface area contributed by atoms with E-state index < -0.39 is 11.6 Å². The van der Waals surface area contributed by atoms with Crippen LogP contribution in [0.1, 0.15) is 18.4 Å². The predicted octanol–water partition coefficient (Wildman–Crippen LogP) is 3.79. The van der Waals surface area contributed by atoms with E-state index in [1.165, 1.54) is 19.8 Å². The molecule has 0 aromatic heterocycles. The third kappa shape index (κ3) is 4.23. The standard InChI is InChI=1S/C25H34N2O4/c1-26(18-15-21-11-7-5-8-12-21)19-16-25(17-20-26,23(28)30-3)27(2,24(29)31-4)22-13-9-6-10-14-22/h5-14H,15-20H2,1-4H3/q+2. The highest BCUT2D eigenvalue weighted by atomic mass is 16.6. The molecule has 6 nitrogen and oxygen atoms in total. The van der Waals surface area contributed by atoms with Gasteiger partial charge < -0.3 is 14.0 Å². The quantitative estimate of drug-likeness (QED) is 0.521. The Morgan fingerprint density at radius 3 is 2.00 bits per heavy atom. The van der Waals surface area contributed by atoms with Gasteiger partial charge in [0.15, 0.2) is 0 Å². The lowest BCUT2D eigenvalue weighted by Gasteiger charge is -2.50. The van der Waals surface area contributed by atoms with E-state index >= 15 is 0 Å². The smallest absolute Gasteiger partial charge is 0.464 e. The Morgan fingerprint density at radius 2 is 1.48 bits per heavy atom. The molecule has 1 aliphatic heterocycles. The molecule has 0 N–H and O–H groups in total. The van der Waals surface area contributed by atoms with Gasteiger partial charge in [-0.25, -0.2) is 4.79 Å². The lowest BCUT2D eigenvalue weighted by Crippen LogP contribution is -2.74. The second-order valence-electron chi connectivity index (χ2n) is 8.86. The average Bonchev–Trinajstić information content (AvgIpc) is 2.83. The molecule has 1 unspecified atom stereocenters. The molecule has 0 aliphatic carbocycles. The summed E-state index contributed by atoms with van der Waals surface area (Å²) in [6, 6.07) is 19.9. The normalized spacial score (nSPS) is 25.3. The second-order valence-corrected chi connectivity index (χ2v) is 8.86. The number of quaternary nitrogens is 2. The number of likely N-dealkylation sites (N-methyl/N-ethyl adjacent to an activating group) is 2. The van der Waals surface area contributed by atoms with Crippen molar-refractivity contribution in [3.63, 3.8) is 0 Å². The highest BCUT2D eigenvalue weighted by molar-refractivity contribution is 5.94. The molecule has 2 aromatic carbocycles. The summed E-state index contributed by atoms with van der Waals surface area (Å²) in [6.07, 6.45) is 1.58. The average molecular weight is 427 g/mol. The molecule has 6 heteroatoms. The van der Waals surface area contributed by atoms with Crippen molar-refractivity contribution in [3.8, 4) is 0 Å². The van der Waals surface area contributed by atoms with E-state index in [4.69, 9.17) is 9.47 Å². The summed E-state index contributed by atoms with van der Waals surface area (Å²) in [7, 11) is 6.78. The molecule has 1 amide bonds. The van der Waals surface area contributed by atoms with Crippen LogP contribution >= 0.6 is 0 Å². The number of hydrogen-bond donors (Lipinski definition) is 0. The van der Waals surface area contributed by atoms with Gasteiger partial charge in [-0.05, 0) is 17.7 Å². The van der Waals surface area contributed by atoms with Crippen molar-refractivity contribution in [2.45, 2.75) is 24.8 Å². The fourth-order valence-electron chi connectivity index (χ4n) is 4.87. The lowest BCUT2D eigenvalue weighted by atomic mass is 9.81. The fraction of sp³-hybridized carbons (Fsp3) is 0.440. The van der Waals surface area contributed by atoms with Gasteiger partial charge >= 0.3 is 12.1 Å². The maximum atomic E-state index is 13.3. The summed E-state index contributed by atoms with van der Waals surface area (Å²) >= 11 is 0. The Kier molecular flexibility index (Phi) is 6.82. The zero-order chi connectivity index (χ0) is 22.5. The summed E-state index contributed by atoms with van der Waals surface area (Å²) in [5.41, 5.74) is 1.000. The number of carbonyl (C=O) groups excluding carboxylic acids is 2. The van der Waals surface area contributed by atoms with Crippen LogP contribution in [0.25, 0.3) is 0 Å². The molecule has 1 saturated heterocycles. The number of nitrogens with zero attached hydrogens (tertiary/aromatic N) is 2. The summed E-state index contributed by atoms with van der Waals surface area (Å²) in [5.74, 6) is -0.362. The predicted molar refractivity (Wildman–Crippen MR) is 121 cm³/mol. The summed E-state index contributed by atoms with van der Waals surface area (Å²) < 4.78 is 11.1. The van der Waals surface area contributed by atoms with Crippen LogP contribution in [0.4, 0.5) is 10.5 Å². The van der Waals surface area contributed by atoms with Gasteiger partial charge in [0.25, 0.3) is 0 Å². The molecule has 0 bridgehead atoms. The molecule has 1 fully saturated rings. The third-order valence-electron chi connectivity index (χ3n) is 7.15. The number of carbonyl (C=O) groups is 2. The van der Waals surface area contributed by atoms with E-state index in [0.29, 0.717) is 12.8 Å². The molecular formula is C25H34N2O4+2. The van der Waals surface area contributed by atoms with E-state index in [0.717, 1.165) is 36.2 Å². The number of piperidine rings is 1. The molecule has 3 rings (SSSR count). The van der Waals surface area contributed by atoms with Crippen molar-refractivity contribution in [3.05, 3.63) is 66.2 Å². The van der Waals surface area contributed by atoms with Crippen molar-refractivity contribution >= 4 is 17.7 Å². The lowest BCUT2D eigenvalue weighted by molar-refractivity contribution is -0.915. The number of methoxy groups -OCH3 is 2. The highest BCUT2D eigenvalue weighted by Gasteiger charge is 2.64. The van der Waals surface area contributed by atoms with Crippen LogP contribution in [-0.2, 0) is 20.7 Å². The van der Waals surface area contributed by atoms with E-state index in [2.05, 4.69) is 31.3 Å². The van der Waals surface area contributed by atoms with Crippen molar-refractivity contribution in [2.75, 3.05) is 47.9 Å². The van der Waals surface area contributed by atoms with Crippen LogP contribution in [0.5, 0.6) is 0 Å². The van der Waals surface area contributed by atoms with Gasteiger partial charge in [0.2, 0.25) is 5.54 Å². The molecular weight excluding hydrogens is 392 g/mol. The van der Waals surface area contributed by atoms with Crippen LogP contribution < -0.4 is 4.48 Å². The fourth-order valence-corrected chi connectivity index (χ4v) is 4.87. The van der Waals surface area contributed by atoms with E-state index in [9.17, 15) is 9.59 Å². The highest BCUT2D eigenvalue weighted by Crippen LogP contribution is 2.42. The number of esters is 1. The minimum Gasteiger partial charge on any atom is -0.464 e. The third-order valence-corrected chi connectivity index (χ3v) is 7.15. The summed E-state index contributed by atoms with van der Waals surface area (Å²) in [5, 5.41) is 0. The van der Waals surface area contributed by atoms with Crippen molar-refractivity contribution in [1.82, 2.24) is 4.48 Å². The molecule has 31 heavy (non-hydrogen) atoms. The first kappa shape index (κ1) is 23.0. The van der Waals surface area contributed by atoms with E-state index in [1.54, 1.807) is 7.05 Å². The molecule has 1 aliphatic rings. The van der Waals surface area contributed by atoms with Crippen LogP contribution in [0.2, 0.25) is 0 Å². The van der Waals surface area contributed by atoms with E-state index in [-0.39, 0.29) is 10.5 Å². The zero-order valence-corrected chi connectivity index (χ0v) is 19.0. The number of para-hydroxylation sites is 1. The topological polar surface area (TPSA) is 52.6 Å². The SMILES string of the molecule is COC(=O)C1([N+](C)(C(=O)OC)c2ccccc2)CC[N+](C)(CCc2ccccc2)CC1. The van der Waals surface area contributed by atoms with Gasteiger partial charge in [0, 0.05) is 6.42 Å². The van der Waals surface area contributed by atoms with Crippen molar-refractivity contribution in [2.24, 2.45) is 0 Å². The van der Waals surface area contributed by atoms with Crippen LogP contribution in [-0.4, -0.2) is 70.0 Å². The minimum atomic E-state index is -1.03. The van der Waals surface area contributed by atoms with Crippen LogP contribution in [0.3, 0.4) is 0 Å². The first-order valence-corrected chi connectivity index (χ1v) is 10.8. The number of hydrogen-bond acceptors (Lipinski definition) is 4. The largest absolute Gasteiger partial charge is 0.521 e. The Morgan fingerprint density at radius 1 is 0.935 bits per heavy atom. The number of benzene rings is 2. The van der Waals surface area contributed by atoms with Gasteiger partial charge in [0.05, 0.1) is 60.8 Å². The summed E-state index contributed by atoms with van der Waals surface area (Å²) in [6.45, 7) is 2.54. The monoisotopic (exact) mass is 426 g/mol. The summed E-state index contributed by atoms with van der Waals surface area (Å²) in [4.78, 5) is 26.4. The number of ether oxygens (including phenoxy) is 2. The number of rotatable bonds is 6. The van der Waals surface area contributed by atoms with Gasteiger partial charge in [-0.15, -0.1) is 0 Å². The minimum absolute atomic E-state index is 0.254. The van der Waals surface area contributed by atoms with Crippen LogP contribution in [0, 0.1) is 0 Å². The van der Waals surface area contributed by atoms with Gasteiger partial charge in [-0.1, -0.05) is 48.5 Å². The first-order chi connectivity index (χ1) is 14.8. The molecule has 0 radical (unpaired) electrons. The Bertz CT molecular complexity index is 892. The van der Waals surface area contributed by atoms with Crippen molar-refractivity contribution in [1.29, 1.82) is 0 Å². The molecule has 0 saturated carbocycles. The van der Waals surface area contributed by atoms with Gasteiger partial charge in [-0.3, -0.25) is 0 Å². The molecule has 166 valence electrons. The van der Waals surface area contributed by atoms with Gasteiger partial charge in [-0.2, -0.15) is 9.28 Å². The Labute approximate surface area is 185 Å². The van der Waals surface area contributed by atoms with Gasteiger partial charge in [0.1, 0.15) is 5.69 Å². The van der Waals surface area contributed by atoms with Crippen molar-refractivity contribution < 1.29 is 23.5 Å². The van der Waals surface area contributed by atoms with Crippen LogP contribution in [0.15, 0.2) is 60.7 Å². The number of amides is 1. The first-order valence-electron chi connectivity index (χ1n) is 10.8. The Balaban J connectivity index is 1.91.